The van der Waals surface area contributed by atoms with Crippen molar-refractivity contribution in [1.29, 1.82) is 0 Å². The molecule has 0 aliphatic heterocycles. The molecule has 0 bridgehead atoms. The molecule has 1 nitrogen and oxygen atoms in total. The summed E-state index contributed by atoms with van der Waals surface area (Å²) in [7, 11) is -1.33. The molecule has 0 unspecified atom stereocenters. The quantitative estimate of drug-likeness (QED) is 0.394. The molecular formula is C10H18OSi. The smallest absolute Gasteiger partial charge is 0.129 e. The number of aliphatic hydroxyl groups is 1. The Kier molecular flexibility index (Phi) is 4.29. The van der Waals surface area contributed by atoms with E-state index in [1.165, 1.54) is 0 Å². The van der Waals surface area contributed by atoms with Crippen LogP contribution in [0.2, 0.25) is 19.6 Å². The minimum atomic E-state index is -1.33. The third-order valence-electron chi connectivity index (χ3n) is 1.46. The van der Waals surface area contributed by atoms with E-state index in [4.69, 9.17) is 0 Å². The number of hydrogen-bond acceptors (Lipinski definition) is 1. The Labute approximate surface area is 76.5 Å². The summed E-state index contributed by atoms with van der Waals surface area (Å²) in [5.41, 5.74) is 3.13. The molecular weight excluding hydrogens is 164 g/mol. The lowest BCUT2D eigenvalue weighted by molar-refractivity contribution is 0.195. The van der Waals surface area contributed by atoms with Crippen LogP contribution in [-0.4, -0.2) is 19.3 Å². The molecule has 0 amide bonds. The van der Waals surface area contributed by atoms with Crippen molar-refractivity contribution < 1.29 is 5.11 Å². The average molecular weight is 182 g/mol. The van der Waals surface area contributed by atoms with E-state index in [2.05, 4.69) is 37.7 Å². The Balaban J connectivity index is 4.22. The lowest BCUT2D eigenvalue weighted by Gasteiger charge is -2.09. The summed E-state index contributed by atoms with van der Waals surface area (Å²) in [6, 6.07) is 0. The van der Waals surface area contributed by atoms with Crippen LogP contribution in [0.25, 0.3) is 0 Å². The molecule has 0 rings (SSSR count). The molecule has 12 heavy (non-hydrogen) atoms. The zero-order chi connectivity index (χ0) is 9.78. The highest BCUT2D eigenvalue weighted by Gasteiger charge is 2.10. The largest absolute Gasteiger partial charge is 0.380 e. The Morgan fingerprint density at radius 2 is 1.92 bits per heavy atom. The fourth-order valence-electron chi connectivity index (χ4n) is 0.551. The van der Waals surface area contributed by atoms with Gasteiger partial charge in [0.15, 0.2) is 0 Å². The minimum Gasteiger partial charge on any atom is -0.380 e. The predicted molar refractivity (Wildman–Crippen MR) is 56.5 cm³/mol. The SMILES string of the molecule is C=C[C@H](C)[C@@H](O)C#C[Si](C)(C)C. The predicted octanol–water partition coefficient (Wildman–Crippen LogP) is 2.05. The second kappa shape index (κ2) is 4.49. The highest BCUT2D eigenvalue weighted by Crippen LogP contribution is 2.03. The van der Waals surface area contributed by atoms with Crippen LogP contribution in [0.3, 0.4) is 0 Å². The summed E-state index contributed by atoms with van der Waals surface area (Å²) in [4.78, 5) is 0. The molecule has 0 heterocycles. The third kappa shape index (κ3) is 5.17. The summed E-state index contributed by atoms with van der Waals surface area (Å²) in [6.07, 6.45) is 1.18. The lowest BCUT2D eigenvalue weighted by atomic mass is 10.1. The summed E-state index contributed by atoms with van der Waals surface area (Å²) in [6.45, 7) is 12.0. The first-order valence-corrected chi connectivity index (χ1v) is 7.70. The molecule has 0 saturated carbocycles. The summed E-state index contributed by atoms with van der Waals surface area (Å²) < 4.78 is 0. The Morgan fingerprint density at radius 3 is 2.25 bits per heavy atom. The maximum Gasteiger partial charge on any atom is 0.129 e. The molecule has 0 saturated heterocycles. The summed E-state index contributed by atoms with van der Waals surface area (Å²) in [5.74, 6) is 2.93. The van der Waals surface area contributed by atoms with Crippen LogP contribution >= 0.6 is 0 Å². The second-order valence-corrected chi connectivity index (χ2v) is 8.81. The Morgan fingerprint density at radius 1 is 1.42 bits per heavy atom. The van der Waals surface area contributed by atoms with Crippen molar-refractivity contribution in [3.05, 3.63) is 12.7 Å². The first-order valence-electron chi connectivity index (χ1n) is 4.20. The Bertz CT molecular complexity index is 204. The van der Waals surface area contributed by atoms with Gasteiger partial charge in [0.05, 0.1) is 0 Å². The van der Waals surface area contributed by atoms with E-state index in [9.17, 15) is 5.11 Å². The van der Waals surface area contributed by atoms with E-state index in [-0.39, 0.29) is 5.92 Å². The van der Waals surface area contributed by atoms with Crippen LogP contribution < -0.4 is 0 Å². The van der Waals surface area contributed by atoms with Crippen molar-refractivity contribution in [1.82, 2.24) is 0 Å². The van der Waals surface area contributed by atoms with Gasteiger partial charge in [0.2, 0.25) is 0 Å². The van der Waals surface area contributed by atoms with Gasteiger partial charge in [0.1, 0.15) is 14.2 Å². The average Bonchev–Trinajstić information content (AvgIpc) is 1.97. The molecule has 0 fully saturated rings. The standard InChI is InChI=1S/C10H18OSi/c1-6-9(2)10(11)7-8-12(3,4)5/h6,9-11H,1H2,2-5H3/t9-,10-/m0/s1. The molecule has 68 valence electrons. The molecule has 0 aliphatic rings. The van der Waals surface area contributed by atoms with Crippen LogP contribution in [0, 0.1) is 17.4 Å². The molecule has 2 heteroatoms. The first kappa shape index (κ1) is 11.5. The second-order valence-electron chi connectivity index (χ2n) is 4.06. The van der Waals surface area contributed by atoms with Crippen LogP contribution in [0.15, 0.2) is 12.7 Å². The fraction of sp³-hybridized carbons (Fsp3) is 0.600. The zero-order valence-electron chi connectivity index (χ0n) is 8.39. The van der Waals surface area contributed by atoms with Crippen molar-refractivity contribution in [3.8, 4) is 11.5 Å². The molecule has 0 aromatic heterocycles. The highest BCUT2D eigenvalue weighted by molar-refractivity contribution is 6.83. The first-order chi connectivity index (χ1) is 5.37. The zero-order valence-corrected chi connectivity index (χ0v) is 9.39. The molecule has 0 aromatic carbocycles. The van der Waals surface area contributed by atoms with E-state index < -0.39 is 14.2 Å². The normalized spacial score (nSPS) is 15.8. The molecule has 0 spiro atoms. The molecule has 0 aromatic rings. The van der Waals surface area contributed by atoms with Crippen molar-refractivity contribution in [2.45, 2.75) is 32.7 Å². The highest BCUT2D eigenvalue weighted by atomic mass is 28.3. The van der Waals surface area contributed by atoms with Crippen molar-refractivity contribution in [3.63, 3.8) is 0 Å². The number of hydrogen-bond donors (Lipinski definition) is 1. The summed E-state index contributed by atoms with van der Waals surface area (Å²) in [5, 5.41) is 9.46. The van der Waals surface area contributed by atoms with Gasteiger partial charge < -0.3 is 5.11 Å². The van der Waals surface area contributed by atoms with Gasteiger partial charge in [-0.05, 0) is 0 Å². The van der Waals surface area contributed by atoms with E-state index in [0.29, 0.717) is 0 Å². The number of rotatable bonds is 2. The third-order valence-corrected chi connectivity index (χ3v) is 2.36. The van der Waals surface area contributed by atoms with Crippen LogP contribution in [0.5, 0.6) is 0 Å². The topological polar surface area (TPSA) is 20.2 Å². The fourth-order valence-corrected chi connectivity index (χ4v) is 1.13. The van der Waals surface area contributed by atoms with Crippen molar-refractivity contribution in [2.24, 2.45) is 5.92 Å². The molecule has 1 N–H and O–H groups in total. The van der Waals surface area contributed by atoms with Gasteiger partial charge in [0, 0.05) is 5.92 Å². The van der Waals surface area contributed by atoms with Gasteiger partial charge in [-0.2, -0.15) is 0 Å². The minimum absolute atomic E-state index is 0.0637. The lowest BCUT2D eigenvalue weighted by Crippen LogP contribution is -2.19. The van der Waals surface area contributed by atoms with E-state index >= 15 is 0 Å². The molecule has 0 radical (unpaired) electrons. The van der Waals surface area contributed by atoms with Crippen molar-refractivity contribution in [2.75, 3.05) is 0 Å². The molecule has 2 atom stereocenters. The monoisotopic (exact) mass is 182 g/mol. The van der Waals surface area contributed by atoms with E-state index in [1.807, 2.05) is 6.92 Å². The summed E-state index contributed by atoms with van der Waals surface area (Å²) >= 11 is 0. The van der Waals surface area contributed by atoms with Gasteiger partial charge in [-0.3, -0.25) is 0 Å². The van der Waals surface area contributed by atoms with E-state index in [1.54, 1.807) is 6.08 Å². The van der Waals surface area contributed by atoms with Gasteiger partial charge in [-0.1, -0.05) is 38.6 Å². The van der Waals surface area contributed by atoms with Crippen LogP contribution in [-0.2, 0) is 0 Å². The maximum atomic E-state index is 9.46. The van der Waals surface area contributed by atoms with Gasteiger partial charge in [0.25, 0.3) is 0 Å². The number of aliphatic hydroxyl groups excluding tert-OH is 1. The maximum absolute atomic E-state index is 9.46. The van der Waals surface area contributed by atoms with Gasteiger partial charge in [-0.15, -0.1) is 12.1 Å². The van der Waals surface area contributed by atoms with Crippen LogP contribution in [0.1, 0.15) is 6.92 Å². The molecule has 0 aliphatic carbocycles. The van der Waals surface area contributed by atoms with Gasteiger partial charge >= 0.3 is 0 Å². The van der Waals surface area contributed by atoms with E-state index in [0.717, 1.165) is 0 Å². The van der Waals surface area contributed by atoms with Crippen LogP contribution in [0.4, 0.5) is 0 Å². The van der Waals surface area contributed by atoms with Crippen molar-refractivity contribution >= 4 is 8.07 Å². The van der Waals surface area contributed by atoms with Gasteiger partial charge in [-0.25, -0.2) is 0 Å². The Hall–Kier alpha value is -0.523.